The summed E-state index contributed by atoms with van der Waals surface area (Å²) in [5.41, 5.74) is 2.44. The number of pyridine rings is 1. The van der Waals surface area contributed by atoms with E-state index in [1.807, 2.05) is 12.3 Å². The van der Waals surface area contributed by atoms with Crippen LogP contribution in [0.3, 0.4) is 0 Å². The first kappa shape index (κ1) is 12.6. The fraction of sp³-hybridized carbons (Fsp3) is 0.438. The van der Waals surface area contributed by atoms with Gasteiger partial charge in [0.05, 0.1) is 5.52 Å². The molecule has 100 valence electrons. The molecule has 1 aromatic carbocycles. The molecule has 1 aromatic heterocycles. The topological polar surface area (TPSA) is 28.2 Å². The number of nitrogens with one attached hydrogen (secondary N) is 1. The molecule has 0 amide bonds. The number of hydrogen-bond acceptors (Lipinski definition) is 3. The van der Waals surface area contributed by atoms with Gasteiger partial charge in [0.2, 0.25) is 0 Å². The lowest BCUT2D eigenvalue weighted by Gasteiger charge is -2.29. The van der Waals surface area contributed by atoms with E-state index in [9.17, 15) is 0 Å². The SMILES string of the molecule is CN1CCC(NCc2ccnc3ccccc23)CC1. The molecule has 0 spiro atoms. The van der Waals surface area contributed by atoms with Gasteiger partial charge in [-0.1, -0.05) is 18.2 Å². The fourth-order valence-electron chi connectivity index (χ4n) is 2.78. The summed E-state index contributed by atoms with van der Waals surface area (Å²) in [7, 11) is 2.20. The number of benzene rings is 1. The summed E-state index contributed by atoms with van der Waals surface area (Å²) >= 11 is 0. The van der Waals surface area contributed by atoms with Crippen LogP contribution in [0.5, 0.6) is 0 Å². The summed E-state index contributed by atoms with van der Waals surface area (Å²) in [5.74, 6) is 0. The van der Waals surface area contributed by atoms with E-state index in [0.29, 0.717) is 6.04 Å². The first-order valence-electron chi connectivity index (χ1n) is 7.07. The highest BCUT2D eigenvalue weighted by Crippen LogP contribution is 2.17. The third-order valence-corrected chi connectivity index (χ3v) is 4.04. The van der Waals surface area contributed by atoms with E-state index in [1.165, 1.54) is 36.9 Å². The Morgan fingerprint density at radius 3 is 2.84 bits per heavy atom. The maximum Gasteiger partial charge on any atom is 0.0705 e. The third kappa shape index (κ3) is 2.94. The average Bonchev–Trinajstić information content (AvgIpc) is 2.47. The van der Waals surface area contributed by atoms with E-state index in [4.69, 9.17) is 0 Å². The minimum Gasteiger partial charge on any atom is -0.310 e. The van der Waals surface area contributed by atoms with Crippen molar-refractivity contribution in [3.63, 3.8) is 0 Å². The lowest BCUT2D eigenvalue weighted by Crippen LogP contribution is -2.40. The second kappa shape index (κ2) is 5.68. The molecule has 0 unspecified atom stereocenters. The summed E-state index contributed by atoms with van der Waals surface area (Å²) in [6.45, 7) is 3.35. The molecule has 0 saturated carbocycles. The molecular weight excluding hydrogens is 234 g/mol. The Hall–Kier alpha value is -1.45. The van der Waals surface area contributed by atoms with Gasteiger partial charge in [-0.25, -0.2) is 0 Å². The van der Waals surface area contributed by atoms with Crippen molar-refractivity contribution in [1.29, 1.82) is 0 Å². The molecule has 1 saturated heterocycles. The molecule has 19 heavy (non-hydrogen) atoms. The minimum atomic E-state index is 0.656. The zero-order valence-corrected chi connectivity index (χ0v) is 11.5. The van der Waals surface area contributed by atoms with E-state index in [-0.39, 0.29) is 0 Å². The predicted molar refractivity (Wildman–Crippen MR) is 79.1 cm³/mol. The first-order valence-corrected chi connectivity index (χ1v) is 7.07. The molecule has 0 bridgehead atoms. The molecule has 1 fully saturated rings. The van der Waals surface area contributed by atoms with Crippen molar-refractivity contribution in [3.8, 4) is 0 Å². The smallest absolute Gasteiger partial charge is 0.0705 e. The Labute approximate surface area is 114 Å². The number of rotatable bonds is 3. The maximum absolute atomic E-state index is 4.41. The second-order valence-corrected chi connectivity index (χ2v) is 5.45. The molecule has 1 aliphatic rings. The van der Waals surface area contributed by atoms with Crippen molar-refractivity contribution in [1.82, 2.24) is 15.2 Å². The number of hydrogen-bond donors (Lipinski definition) is 1. The van der Waals surface area contributed by atoms with Gasteiger partial charge in [0.1, 0.15) is 0 Å². The van der Waals surface area contributed by atoms with Gasteiger partial charge in [-0.2, -0.15) is 0 Å². The second-order valence-electron chi connectivity index (χ2n) is 5.45. The number of nitrogens with zero attached hydrogens (tertiary/aromatic N) is 2. The minimum absolute atomic E-state index is 0.656. The van der Waals surface area contributed by atoms with Crippen LogP contribution in [0.4, 0.5) is 0 Å². The lowest BCUT2D eigenvalue weighted by molar-refractivity contribution is 0.234. The van der Waals surface area contributed by atoms with Crippen LogP contribution in [0.2, 0.25) is 0 Å². The monoisotopic (exact) mass is 255 g/mol. The van der Waals surface area contributed by atoms with Crippen LogP contribution < -0.4 is 5.32 Å². The zero-order chi connectivity index (χ0) is 13.1. The van der Waals surface area contributed by atoms with Gasteiger partial charge in [0.25, 0.3) is 0 Å². The van der Waals surface area contributed by atoms with Crippen LogP contribution in [-0.2, 0) is 6.54 Å². The molecule has 2 aromatic rings. The van der Waals surface area contributed by atoms with Gasteiger partial charge in [-0.3, -0.25) is 4.98 Å². The van der Waals surface area contributed by atoms with Gasteiger partial charge in [-0.15, -0.1) is 0 Å². The third-order valence-electron chi connectivity index (χ3n) is 4.04. The van der Waals surface area contributed by atoms with Crippen LogP contribution in [0.1, 0.15) is 18.4 Å². The Bertz CT molecular complexity index is 539. The van der Waals surface area contributed by atoms with Gasteiger partial charge < -0.3 is 10.2 Å². The molecule has 2 heterocycles. The number of likely N-dealkylation sites (tertiary alicyclic amines) is 1. The molecular formula is C16H21N3. The highest BCUT2D eigenvalue weighted by atomic mass is 15.1. The van der Waals surface area contributed by atoms with Crippen molar-refractivity contribution < 1.29 is 0 Å². The molecule has 3 rings (SSSR count). The van der Waals surface area contributed by atoms with E-state index >= 15 is 0 Å². The number of fused-ring (bicyclic) bond motifs is 1. The summed E-state index contributed by atoms with van der Waals surface area (Å²) in [6, 6.07) is 11.2. The molecule has 3 heteroatoms. The lowest BCUT2D eigenvalue weighted by atomic mass is 10.0. The Kier molecular flexibility index (Phi) is 3.76. The Morgan fingerprint density at radius 2 is 2.00 bits per heavy atom. The summed E-state index contributed by atoms with van der Waals surface area (Å²) < 4.78 is 0. The molecule has 0 aliphatic carbocycles. The standard InChI is InChI=1S/C16H21N3/c1-19-10-7-14(8-11-19)18-12-13-6-9-17-16-5-3-2-4-15(13)16/h2-6,9,14,18H,7-8,10-12H2,1H3. The van der Waals surface area contributed by atoms with Crippen LogP contribution in [-0.4, -0.2) is 36.1 Å². The number of aromatic nitrogens is 1. The molecule has 1 N–H and O–H groups in total. The first-order chi connectivity index (χ1) is 9.33. The number of para-hydroxylation sites is 1. The Balaban J connectivity index is 1.68. The van der Waals surface area contributed by atoms with Crippen molar-refractivity contribution in [3.05, 3.63) is 42.1 Å². The molecule has 3 nitrogen and oxygen atoms in total. The van der Waals surface area contributed by atoms with Crippen molar-refractivity contribution in [2.45, 2.75) is 25.4 Å². The van der Waals surface area contributed by atoms with Crippen molar-refractivity contribution >= 4 is 10.9 Å². The zero-order valence-electron chi connectivity index (χ0n) is 11.5. The van der Waals surface area contributed by atoms with Gasteiger partial charge in [0.15, 0.2) is 0 Å². The summed E-state index contributed by atoms with van der Waals surface area (Å²) in [6.07, 6.45) is 4.41. The van der Waals surface area contributed by atoms with Gasteiger partial charge in [-0.05, 0) is 50.7 Å². The van der Waals surface area contributed by atoms with Crippen LogP contribution >= 0.6 is 0 Å². The van der Waals surface area contributed by atoms with Crippen molar-refractivity contribution in [2.75, 3.05) is 20.1 Å². The average molecular weight is 255 g/mol. The van der Waals surface area contributed by atoms with Gasteiger partial charge in [0, 0.05) is 24.2 Å². The quantitative estimate of drug-likeness (QED) is 0.913. The van der Waals surface area contributed by atoms with Crippen LogP contribution in [0.25, 0.3) is 10.9 Å². The van der Waals surface area contributed by atoms with E-state index in [1.54, 1.807) is 0 Å². The van der Waals surface area contributed by atoms with E-state index in [0.717, 1.165) is 12.1 Å². The molecule has 0 radical (unpaired) electrons. The highest BCUT2D eigenvalue weighted by Gasteiger charge is 2.15. The summed E-state index contributed by atoms with van der Waals surface area (Å²) in [5, 5.41) is 4.97. The largest absolute Gasteiger partial charge is 0.310 e. The van der Waals surface area contributed by atoms with Crippen molar-refractivity contribution in [2.24, 2.45) is 0 Å². The maximum atomic E-state index is 4.41. The summed E-state index contributed by atoms with van der Waals surface area (Å²) in [4.78, 5) is 6.81. The molecule has 1 aliphatic heterocycles. The number of piperidine rings is 1. The van der Waals surface area contributed by atoms with Gasteiger partial charge >= 0.3 is 0 Å². The highest BCUT2D eigenvalue weighted by molar-refractivity contribution is 5.81. The normalized spacial score (nSPS) is 17.9. The van der Waals surface area contributed by atoms with Crippen LogP contribution in [0, 0.1) is 0 Å². The van der Waals surface area contributed by atoms with E-state index < -0.39 is 0 Å². The predicted octanol–water partition coefficient (Wildman–Crippen LogP) is 2.42. The Morgan fingerprint density at radius 1 is 1.21 bits per heavy atom. The van der Waals surface area contributed by atoms with E-state index in [2.05, 4.69) is 46.5 Å². The van der Waals surface area contributed by atoms with Crippen LogP contribution in [0.15, 0.2) is 36.5 Å². The fourth-order valence-corrected chi connectivity index (χ4v) is 2.78. The molecule has 0 atom stereocenters.